The molecule has 1 N–H and O–H groups in total. The lowest BCUT2D eigenvalue weighted by atomic mass is 10.1. The first-order valence-corrected chi connectivity index (χ1v) is 8.20. The predicted molar refractivity (Wildman–Crippen MR) is 86.8 cm³/mol. The van der Waals surface area contributed by atoms with Crippen LogP contribution in [0.4, 0.5) is 0 Å². The van der Waals surface area contributed by atoms with E-state index in [-0.39, 0.29) is 11.8 Å². The SMILES string of the molecule is Cc1ccc(CN2CCC(NC(=O)c3cccs3)C2=O)cc1. The number of benzene rings is 1. The van der Waals surface area contributed by atoms with E-state index in [4.69, 9.17) is 0 Å². The Hall–Kier alpha value is -2.14. The second-order valence-corrected chi connectivity index (χ2v) is 6.49. The Morgan fingerprint density at radius 2 is 2.09 bits per heavy atom. The quantitative estimate of drug-likeness (QED) is 0.943. The summed E-state index contributed by atoms with van der Waals surface area (Å²) in [5.74, 6) is -0.156. The van der Waals surface area contributed by atoms with Crippen molar-refractivity contribution in [1.29, 1.82) is 0 Å². The molecule has 2 amide bonds. The van der Waals surface area contributed by atoms with Gasteiger partial charge in [-0.25, -0.2) is 0 Å². The molecule has 3 rings (SSSR count). The molecule has 2 heterocycles. The molecule has 1 fully saturated rings. The van der Waals surface area contributed by atoms with Gasteiger partial charge in [-0.05, 0) is 30.4 Å². The third-order valence-corrected chi connectivity index (χ3v) is 4.71. The van der Waals surface area contributed by atoms with Gasteiger partial charge in [0.25, 0.3) is 5.91 Å². The smallest absolute Gasteiger partial charge is 0.261 e. The first-order valence-electron chi connectivity index (χ1n) is 7.32. The molecule has 0 radical (unpaired) electrons. The third kappa shape index (κ3) is 3.20. The fraction of sp³-hybridized carbons (Fsp3) is 0.294. The molecular formula is C17H18N2O2S. The van der Waals surface area contributed by atoms with E-state index in [9.17, 15) is 9.59 Å². The molecule has 5 heteroatoms. The van der Waals surface area contributed by atoms with Crippen molar-refractivity contribution in [2.24, 2.45) is 0 Å². The number of carbonyl (C=O) groups is 2. The minimum atomic E-state index is -0.403. The molecule has 4 nitrogen and oxygen atoms in total. The van der Waals surface area contributed by atoms with Crippen LogP contribution in [0.15, 0.2) is 41.8 Å². The normalized spacial score (nSPS) is 17.8. The van der Waals surface area contributed by atoms with Gasteiger partial charge in [0.05, 0.1) is 4.88 Å². The molecule has 1 aromatic heterocycles. The molecule has 1 atom stereocenters. The van der Waals surface area contributed by atoms with Crippen LogP contribution in [0.1, 0.15) is 27.2 Å². The summed E-state index contributed by atoms with van der Waals surface area (Å²) in [5, 5.41) is 4.69. The number of amides is 2. The largest absolute Gasteiger partial charge is 0.339 e. The third-order valence-electron chi connectivity index (χ3n) is 3.84. The zero-order valence-electron chi connectivity index (χ0n) is 12.4. The average Bonchev–Trinajstić information content (AvgIpc) is 3.15. The number of nitrogens with one attached hydrogen (secondary N) is 1. The second-order valence-electron chi connectivity index (χ2n) is 5.54. The second kappa shape index (κ2) is 6.32. The van der Waals surface area contributed by atoms with Crippen LogP contribution in [0.2, 0.25) is 0 Å². The van der Waals surface area contributed by atoms with Crippen LogP contribution in [0.25, 0.3) is 0 Å². The molecule has 114 valence electrons. The van der Waals surface area contributed by atoms with E-state index in [2.05, 4.69) is 5.32 Å². The van der Waals surface area contributed by atoms with Gasteiger partial charge in [-0.15, -0.1) is 11.3 Å². The summed E-state index contributed by atoms with van der Waals surface area (Å²) in [5.41, 5.74) is 2.32. The van der Waals surface area contributed by atoms with Gasteiger partial charge < -0.3 is 10.2 Å². The van der Waals surface area contributed by atoms with Crippen molar-refractivity contribution in [3.8, 4) is 0 Å². The van der Waals surface area contributed by atoms with Crippen molar-refractivity contribution in [1.82, 2.24) is 10.2 Å². The molecule has 1 aromatic carbocycles. The molecule has 1 aliphatic heterocycles. The summed E-state index contributed by atoms with van der Waals surface area (Å²) in [7, 11) is 0. The van der Waals surface area contributed by atoms with Crippen molar-refractivity contribution in [3.05, 3.63) is 57.8 Å². The van der Waals surface area contributed by atoms with Gasteiger partial charge in [-0.3, -0.25) is 9.59 Å². The summed E-state index contributed by atoms with van der Waals surface area (Å²) in [4.78, 5) is 26.9. The number of carbonyl (C=O) groups excluding carboxylic acids is 2. The van der Waals surface area contributed by atoms with Gasteiger partial charge in [-0.2, -0.15) is 0 Å². The van der Waals surface area contributed by atoms with Gasteiger partial charge in [0.2, 0.25) is 5.91 Å². The van der Waals surface area contributed by atoms with Crippen molar-refractivity contribution in [3.63, 3.8) is 0 Å². The van der Waals surface area contributed by atoms with E-state index >= 15 is 0 Å². The fourth-order valence-electron chi connectivity index (χ4n) is 2.58. The number of rotatable bonds is 4. The molecule has 22 heavy (non-hydrogen) atoms. The fourth-order valence-corrected chi connectivity index (χ4v) is 3.21. The predicted octanol–water partition coefficient (Wildman–Crippen LogP) is 2.59. The topological polar surface area (TPSA) is 49.4 Å². The Balaban J connectivity index is 1.60. The van der Waals surface area contributed by atoms with Crippen LogP contribution in [-0.4, -0.2) is 29.3 Å². The van der Waals surface area contributed by atoms with Gasteiger partial charge >= 0.3 is 0 Å². The van der Waals surface area contributed by atoms with Crippen LogP contribution in [-0.2, 0) is 11.3 Å². The summed E-state index contributed by atoms with van der Waals surface area (Å²) in [6.45, 7) is 3.33. The lowest BCUT2D eigenvalue weighted by Gasteiger charge is -2.17. The first-order chi connectivity index (χ1) is 10.6. The molecule has 1 saturated heterocycles. The van der Waals surface area contributed by atoms with Crippen LogP contribution >= 0.6 is 11.3 Å². The van der Waals surface area contributed by atoms with E-state index in [1.165, 1.54) is 16.9 Å². The Kier molecular flexibility index (Phi) is 4.24. The van der Waals surface area contributed by atoms with E-state index in [0.717, 1.165) is 5.56 Å². The molecule has 0 spiro atoms. The van der Waals surface area contributed by atoms with Crippen molar-refractivity contribution >= 4 is 23.2 Å². The Morgan fingerprint density at radius 3 is 2.77 bits per heavy atom. The maximum absolute atomic E-state index is 12.4. The van der Waals surface area contributed by atoms with Crippen molar-refractivity contribution in [2.45, 2.75) is 25.9 Å². The van der Waals surface area contributed by atoms with Crippen LogP contribution < -0.4 is 5.32 Å². The van der Waals surface area contributed by atoms with E-state index in [1.807, 2.05) is 47.5 Å². The maximum Gasteiger partial charge on any atom is 0.261 e. The zero-order valence-corrected chi connectivity index (χ0v) is 13.2. The highest BCUT2D eigenvalue weighted by molar-refractivity contribution is 7.12. The molecule has 0 bridgehead atoms. The average molecular weight is 314 g/mol. The van der Waals surface area contributed by atoms with Gasteiger partial charge in [0.15, 0.2) is 0 Å². The van der Waals surface area contributed by atoms with Gasteiger partial charge in [0.1, 0.15) is 6.04 Å². The summed E-state index contributed by atoms with van der Waals surface area (Å²) in [6.07, 6.45) is 0.668. The molecule has 1 unspecified atom stereocenters. The van der Waals surface area contributed by atoms with E-state index < -0.39 is 6.04 Å². The molecule has 2 aromatic rings. The highest BCUT2D eigenvalue weighted by Gasteiger charge is 2.32. The Morgan fingerprint density at radius 1 is 1.32 bits per heavy atom. The van der Waals surface area contributed by atoms with Crippen LogP contribution in [0, 0.1) is 6.92 Å². The van der Waals surface area contributed by atoms with E-state index in [0.29, 0.717) is 24.4 Å². The number of nitrogens with zero attached hydrogens (tertiary/aromatic N) is 1. The maximum atomic E-state index is 12.4. The lowest BCUT2D eigenvalue weighted by molar-refractivity contribution is -0.129. The zero-order chi connectivity index (χ0) is 15.5. The first kappa shape index (κ1) is 14.8. The molecular weight excluding hydrogens is 296 g/mol. The molecule has 1 aliphatic rings. The molecule has 0 saturated carbocycles. The minimum Gasteiger partial charge on any atom is -0.339 e. The number of aryl methyl sites for hydroxylation is 1. The van der Waals surface area contributed by atoms with Crippen molar-refractivity contribution in [2.75, 3.05) is 6.54 Å². The van der Waals surface area contributed by atoms with Crippen molar-refractivity contribution < 1.29 is 9.59 Å². The Bertz CT molecular complexity index is 664. The number of hydrogen-bond acceptors (Lipinski definition) is 3. The summed E-state index contributed by atoms with van der Waals surface area (Å²) < 4.78 is 0. The van der Waals surface area contributed by atoms with Gasteiger partial charge in [-0.1, -0.05) is 35.9 Å². The summed E-state index contributed by atoms with van der Waals surface area (Å²) in [6, 6.07) is 11.4. The molecule has 0 aliphatic carbocycles. The highest BCUT2D eigenvalue weighted by atomic mass is 32.1. The van der Waals surface area contributed by atoms with E-state index in [1.54, 1.807) is 6.07 Å². The number of hydrogen-bond donors (Lipinski definition) is 1. The van der Waals surface area contributed by atoms with Gasteiger partial charge in [0, 0.05) is 13.1 Å². The summed E-state index contributed by atoms with van der Waals surface area (Å²) >= 11 is 1.38. The van der Waals surface area contributed by atoms with Crippen LogP contribution in [0.3, 0.4) is 0 Å². The highest BCUT2D eigenvalue weighted by Crippen LogP contribution is 2.17. The van der Waals surface area contributed by atoms with Crippen LogP contribution in [0.5, 0.6) is 0 Å². The minimum absolute atomic E-state index is 0.00508. The Labute approximate surface area is 133 Å². The number of thiophene rings is 1. The monoisotopic (exact) mass is 314 g/mol. The lowest BCUT2D eigenvalue weighted by Crippen LogP contribution is -2.41. The standard InChI is InChI=1S/C17H18N2O2S/c1-12-4-6-13(7-5-12)11-19-9-8-14(17(19)21)18-16(20)15-3-2-10-22-15/h2-7,10,14H,8-9,11H2,1H3,(H,18,20). The number of likely N-dealkylation sites (tertiary alicyclic amines) is 1.